The van der Waals surface area contributed by atoms with E-state index in [9.17, 15) is 25.2 Å². The largest absolute Gasteiger partial charge is 0.507 e. The first-order valence-corrected chi connectivity index (χ1v) is 7.75. The van der Waals surface area contributed by atoms with Crippen molar-refractivity contribution in [2.75, 3.05) is 0 Å². The van der Waals surface area contributed by atoms with Gasteiger partial charge in [0.05, 0.1) is 27.9 Å². The molecule has 0 radical (unpaired) electrons. The molecule has 1 heterocycles. The lowest BCUT2D eigenvalue weighted by molar-refractivity contribution is 0.209. The third kappa shape index (κ3) is 2.51. The number of benzene rings is 2. The fourth-order valence-electron chi connectivity index (χ4n) is 3.06. The van der Waals surface area contributed by atoms with Crippen LogP contribution in [0.15, 0.2) is 41.2 Å². The Balaban J connectivity index is 2.44. The van der Waals surface area contributed by atoms with Crippen LogP contribution in [0.1, 0.15) is 12.5 Å². The number of para-hydroxylation sites is 1. The number of pyridine rings is 1. The van der Waals surface area contributed by atoms with E-state index in [0.717, 1.165) is 0 Å². The van der Waals surface area contributed by atoms with Crippen molar-refractivity contribution in [1.29, 1.82) is 0 Å². The molecule has 4 N–H and O–H groups in total. The molecule has 6 nitrogen and oxygen atoms in total. The van der Waals surface area contributed by atoms with E-state index in [2.05, 4.69) is 6.58 Å². The molecule has 0 aliphatic carbocycles. The van der Waals surface area contributed by atoms with Gasteiger partial charge < -0.3 is 25.0 Å². The van der Waals surface area contributed by atoms with Crippen LogP contribution in [0, 0.1) is 0 Å². The lowest BCUT2D eigenvalue weighted by Gasteiger charge is -2.17. The van der Waals surface area contributed by atoms with E-state index in [4.69, 9.17) is 0 Å². The Hall–Kier alpha value is -2.99. The van der Waals surface area contributed by atoms with Crippen LogP contribution < -0.4 is 5.43 Å². The average Bonchev–Trinajstić information content (AvgIpc) is 2.55. The third-order valence-corrected chi connectivity index (χ3v) is 4.51. The van der Waals surface area contributed by atoms with Crippen LogP contribution in [0.4, 0.5) is 0 Å². The molecule has 0 fully saturated rings. The minimum atomic E-state index is -0.956. The van der Waals surface area contributed by atoms with Crippen molar-refractivity contribution in [3.05, 3.63) is 52.2 Å². The topological polar surface area (TPSA) is 103 Å². The van der Waals surface area contributed by atoms with Gasteiger partial charge in [-0.25, -0.2) is 0 Å². The van der Waals surface area contributed by atoms with Crippen LogP contribution in [-0.4, -0.2) is 31.1 Å². The Morgan fingerprint density at radius 2 is 1.92 bits per heavy atom. The highest BCUT2D eigenvalue weighted by Crippen LogP contribution is 2.37. The molecule has 2 aromatic carbocycles. The SMILES string of the molecule is C=C(C)[C@H](O)Cc1c(O)cc2c(c1O)c(=O)c1cccc(O)c1n2C. The summed E-state index contributed by atoms with van der Waals surface area (Å²) in [7, 11) is 1.63. The van der Waals surface area contributed by atoms with Gasteiger partial charge in [0.15, 0.2) is 0 Å². The molecule has 3 rings (SSSR count). The summed E-state index contributed by atoms with van der Waals surface area (Å²) in [5, 5.41) is 41.3. The second kappa shape index (κ2) is 5.82. The number of hydrogen-bond donors (Lipinski definition) is 4. The molecule has 0 aliphatic heterocycles. The summed E-state index contributed by atoms with van der Waals surface area (Å²) in [5.74, 6) is -0.684. The van der Waals surface area contributed by atoms with Crippen molar-refractivity contribution in [2.45, 2.75) is 19.4 Å². The fraction of sp³-hybridized carbons (Fsp3) is 0.211. The number of fused-ring (bicyclic) bond motifs is 2. The number of aromatic hydroxyl groups is 3. The van der Waals surface area contributed by atoms with Crippen LogP contribution in [0.3, 0.4) is 0 Å². The van der Waals surface area contributed by atoms with Gasteiger partial charge >= 0.3 is 0 Å². The lowest BCUT2D eigenvalue weighted by atomic mass is 9.98. The summed E-state index contributed by atoms with van der Waals surface area (Å²) in [6.45, 7) is 5.28. The number of aliphatic hydroxyl groups excluding tert-OH is 1. The van der Waals surface area contributed by atoms with E-state index in [1.54, 1.807) is 30.7 Å². The fourth-order valence-corrected chi connectivity index (χ4v) is 3.06. The molecule has 0 amide bonds. The van der Waals surface area contributed by atoms with Gasteiger partial charge in [0.2, 0.25) is 5.43 Å². The number of nitrogens with zero attached hydrogens (tertiary/aromatic N) is 1. The number of aromatic nitrogens is 1. The van der Waals surface area contributed by atoms with Crippen LogP contribution in [0.2, 0.25) is 0 Å². The Labute approximate surface area is 143 Å². The molecule has 25 heavy (non-hydrogen) atoms. The van der Waals surface area contributed by atoms with Crippen molar-refractivity contribution in [3.63, 3.8) is 0 Å². The first kappa shape index (κ1) is 16.9. The molecule has 1 aromatic heterocycles. The lowest BCUT2D eigenvalue weighted by Crippen LogP contribution is -2.14. The van der Waals surface area contributed by atoms with E-state index in [0.29, 0.717) is 11.1 Å². The molecule has 0 saturated heterocycles. The predicted molar refractivity (Wildman–Crippen MR) is 96.2 cm³/mol. The van der Waals surface area contributed by atoms with Gasteiger partial charge in [-0.1, -0.05) is 18.2 Å². The molecular weight excluding hydrogens is 322 g/mol. The molecular formula is C19H19NO5. The highest BCUT2D eigenvalue weighted by molar-refractivity contribution is 5.99. The number of phenols is 3. The summed E-state index contributed by atoms with van der Waals surface area (Å²) in [6.07, 6.45) is -1.02. The van der Waals surface area contributed by atoms with Crippen LogP contribution in [0.5, 0.6) is 17.2 Å². The zero-order chi connectivity index (χ0) is 18.5. The summed E-state index contributed by atoms with van der Waals surface area (Å²) in [6, 6.07) is 5.92. The maximum atomic E-state index is 12.9. The van der Waals surface area contributed by atoms with E-state index >= 15 is 0 Å². The predicted octanol–water partition coefficient (Wildman–Crippen LogP) is 2.29. The maximum absolute atomic E-state index is 12.9. The Morgan fingerprint density at radius 1 is 1.24 bits per heavy atom. The van der Waals surface area contributed by atoms with Gasteiger partial charge in [-0.2, -0.15) is 0 Å². The Morgan fingerprint density at radius 3 is 2.56 bits per heavy atom. The van der Waals surface area contributed by atoms with Crippen molar-refractivity contribution < 1.29 is 20.4 Å². The summed E-state index contributed by atoms with van der Waals surface area (Å²) < 4.78 is 1.54. The summed E-state index contributed by atoms with van der Waals surface area (Å²) in [4.78, 5) is 12.9. The first-order valence-electron chi connectivity index (χ1n) is 7.75. The number of hydrogen-bond acceptors (Lipinski definition) is 5. The van der Waals surface area contributed by atoms with Gasteiger partial charge in [-0.3, -0.25) is 4.79 Å². The molecule has 6 heteroatoms. The second-order valence-electron chi connectivity index (χ2n) is 6.24. The molecule has 0 saturated carbocycles. The van der Waals surface area contributed by atoms with Gasteiger partial charge in [0, 0.05) is 25.1 Å². The normalized spacial score (nSPS) is 12.6. The standard InChI is InChI=1S/C19H19NO5/c1-9(2)14(22)7-11-15(23)8-12-16(19(11)25)18(24)10-5-4-6-13(21)17(10)20(12)3/h4-6,8,14,21-23,25H,1,7H2,2-3H3/t14-/m1/s1. The van der Waals surface area contributed by atoms with E-state index in [-0.39, 0.29) is 45.5 Å². The Kier molecular flexibility index (Phi) is 3.93. The van der Waals surface area contributed by atoms with Crippen LogP contribution in [0.25, 0.3) is 21.8 Å². The van der Waals surface area contributed by atoms with E-state index in [1.807, 2.05) is 0 Å². The zero-order valence-corrected chi connectivity index (χ0v) is 13.9. The number of aliphatic hydroxyl groups is 1. The third-order valence-electron chi connectivity index (χ3n) is 4.51. The Bertz CT molecular complexity index is 1080. The van der Waals surface area contributed by atoms with Crippen molar-refractivity contribution in [1.82, 2.24) is 4.57 Å². The highest BCUT2D eigenvalue weighted by Gasteiger charge is 2.21. The van der Waals surface area contributed by atoms with Gasteiger partial charge in [-0.15, -0.1) is 0 Å². The molecule has 130 valence electrons. The van der Waals surface area contributed by atoms with Crippen LogP contribution >= 0.6 is 0 Å². The molecule has 3 aromatic rings. The first-order chi connectivity index (χ1) is 11.7. The summed E-state index contributed by atoms with van der Waals surface area (Å²) in [5.41, 5.74) is 0.702. The number of aryl methyl sites for hydroxylation is 1. The highest BCUT2D eigenvalue weighted by atomic mass is 16.3. The second-order valence-corrected chi connectivity index (χ2v) is 6.24. The molecule has 0 spiro atoms. The molecule has 0 unspecified atom stereocenters. The zero-order valence-electron chi connectivity index (χ0n) is 13.9. The number of phenolic OH excluding ortho intramolecular Hbond substituents is 3. The summed E-state index contributed by atoms with van der Waals surface area (Å²) >= 11 is 0. The van der Waals surface area contributed by atoms with Crippen molar-refractivity contribution >= 4 is 21.8 Å². The van der Waals surface area contributed by atoms with Crippen molar-refractivity contribution in [3.8, 4) is 17.2 Å². The van der Waals surface area contributed by atoms with Gasteiger partial charge in [0.25, 0.3) is 0 Å². The van der Waals surface area contributed by atoms with Crippen LogP contribution in [-0.2, 0) is 13.5 Å². The van der Waals surface area contributed by atoms with Crippen molar-refractivity contribution in [2.24, 2.45) is 7.05 Å². The maximum Gasteiger partial charge on any atom is 0.201 e. The van der Waals surface area contributed by atoms with Gasteiger partial charge in [0.1, 0.15) is 17.2 Å². The van der Waals surface area contributed by atoms with Gasteiger partial charge in [-0.05, 0) is 19.1 Å². The molecule has 0 bridgehead atoms. The average molecular weight is 341 g/mol. The minimum Gasteiger partial charge on any atom is -0.507 e. The quantitative estimate of drug-likeness (QED) is 0.432. The van der Waals surface area contributed by atoms with E-state index in [1.165, 1.54) is 12.1 Å². The monoisotopic (exact) mass is 341 g/mol. The van der Waals surface area contributed by atoms with E-state index < -0.39 is 11.5 Å². The molecule has 1 atom stereocenters. The minimum absolute atomic E-state index is 0.0299. The smallest absolute Gasteiger partial charge is 0.201 e. The number of rotatable bonds is 3. The molecule has 0 aliphatic rings.